The summed E-state index contributed by atoms with van der Waals surface area (Å²) in [5.74, 6) is -0.795. The highest BCUT2D eigenvalue weighted by Gasteiger charge is 2.40. The van der Waals surface area contributed by atoms with Gasteiger partial charge in [0, 0.05) is 12.6 Å². The number of carbonyl (C=O) groups is 1. The first-order valence-electron chi connectivity index (χ1n) is 5.70. The summed E-state index contributed by atoms with van der Waals surface area (Å²) in [4.78, 5) is 10.4. The fourth-order valence-corrected chi connectivity index (χ4v) is 3.51. The average Bonchev–Trinajstić information content (AvgIpc) is 3.01. The van der Waals surface area contributed by atoms with Crippen LogP contribution in [-0.2, 0) is 14.8 Å². The molecule has 0 aromatic carbocycles. The summed E-state index contributed by atoms with van der Waals surface area (Å²) in [6.45, 7) is 0.604. The first-order chi connectivity index (χ1) is 7.49. The first kappa shape index (κ1) is 11.9. The molecule has 0 heterocycles. The van der Waals surface area contributed by atoms with Crippen LogP contribution in [0, 0.1) is 5.92 Å². The van der Waals surface area contributed by atoms with E-state index in [4.69, 9.17) is 5.11 Å². The van der Waals surface area contributed by atoms with Crippen LogP contribution in [-0.4, -0.2) is 42.1 Å². The summed E-state index contributed by atoms with van der Waals surface area (Å²) in [5, 5.41) is 8.52. The van der Waals surface area contributed by atoms with E-state index in [9.17, 15) is 13.2 Å². The Labute approximate surface area is 95.5 Å². The van der Waals surface area contributed by atoms with E-state index in [1.165, 1.54) is 0 Å². The van der Waals surface area contributed by atoms with Crippen LogP contribution in [0.2, 0.25) is 0 Å². The number of nitrogens with zero attached hydrogens (tertiary/aromatic N) is 1. The van der Waals surface area contributed by atoms with Gasteiger partial charge in [0.15, 0.2) is 0 Å². The number of carboxylic acid groups (broad SMARTS) is 1. The predicted molar refractivity (Wildman–Crippen MR) is 58.5 cm³/mol. The van der Waals surface area contributed by atoms with E-state index in [1.54, 1.807) is 4.31 Å². The van der Waals surface area contributed by atoms with Crippen LogP contribution < -0.4 is 0 Å². The van der Waals surface area contributed by atoms with Gasteiger partial charge in [-0.2, -0.15) is 4.31 Å². The summed E-state index contributed by atoms with van der Waals surface area (Å²) >= 11 is 0. The molecule has 2 fully saturated rings. The van der Waals surface area contributed by atoms with Crippen molar-refractivity contribution in [2.75, 3.05) is 12.3 Å². The molecule has 0 unspecified atom stereocenters. The zero-order valence-electron chi connectivity index (χ0n) is 9.13. The van der Waals surface area contributed by atoms with Gasteiger partial charge >= 0.3 is 5.97 Å². The van der Waals surface area contributed by atoms with Crippen LogP contribution >= 0.6 is 0 Å². The fraction of sp³-hybridized carbons (Fsp3) is 0.900. The Balaban J connectivity index is 1.96. The van der Waals surface area contributed by atoms with Crippen LogP contribution in [0.3, 0.4) is 0 Å². The van der Waals surface area contributed by atoms with Gasteiger partial charge < -0.3 is 5.11 Å². The van der Waals surface area contributed by atoms with Crippen molar-refractivity contribution in [3.63, 3.8) is 0 Å². The van der Waals surface area contributed by atoms with Crippen LogP contribution in [0.15, 0.2) is 0 Å². The maximum absolute atomic E-state index is 11.9. The van der Waals surface area contributed by atoms with Gasteiger partial charge in [0.05, 0.1) is 12.2 Å². The predicted octanol–water partition coefficient (Wildman–Crippen LogP) is 0.665. The molecule has 2 saturated carbocycles. The molecule has 0 radical (unpaired) electrons. The minimum absolute atomic E-state index is 0.152. The maximum atomic E-state index is 11.9. The van der Waals surface area contributed by atoms with Gasteiger partial charge in [0.2, 0.25) is 10.0 Å². The van der Waals surface area contributed by atoms with Crippen molar-refractivity contribution in [2.45, 2.75) is 38.1 Å². The Bertz CT molecular complexity index is 370. The van der Waals surface area contributed by atoms with E-state index in [1.807, 2.05) is 0 Å². The highest BCUT2D eigenvalue weighted by molar-refractivity contribution is 7.89. The summed E-state index contributed by atoms with van der Waals surface area (Å²) in [6.07, 6.45) is 3.78. The van der Waals surface area contributed by atoms with Gasteiger partial charge in [-0.3, -0.25) is 4.79 Å². The number of hydrogen-bond acceptors (Lipinski definition) is 3. The third-order valence-corrected chi connectivity index (χ3v) is 4.90. The van der Waals surface area contributed by atoms with Crippen molar-refractivity contribution < 1.29 is 18.3 Å². The fourth-order valence-electron chi connectivity index (χ4n) is 1.74. The summed E-state index contributed by atoms with van der Waals surface area (Å²) in [6, 6.07) is 0.152. The van der Waals surface area contributed by atoms with E-state index >= 15 is 0 Å². The molecule has 0 bridgehead atoms. The minimum atomic E-state index is -3.36. The lowest BCUT2D eigenvalue weighted by molar-refractivity contribution is -0.136. The van der Waals surface area contributed by atoms with Crippen molar-refractivity contribution in [3.8, 4) is 0 Å². The zero-order valence-corrected chi connectivity index (χ0v) is 9.95. The Hall–Kier alpha value is -0.620. The van der Waals surface area contributed by atoms with Crippen LogP contribution in [0.5, 0.6) is 0 Å². The molecular formula is C10H17NO4S. The van der Waals surface area contributed by atoms with Gasteiger partial charge in [-0.05, 0) is 31.6 Å². The Morgan fingerprint density at radius 2 is 1.88 bits per heavy atom. The van der Waals surface area contributed by atoms with Gasteiger partial charge in [-0.1, -0.05) is 0 Å². The van der Waals surface area contributed by atoms with Crippen LogP contribution in [0.25, 0.3) is 0 Å². The number of sulfonamides is 1. The molecule has 2 aliphatic carbocycles. The Morgan fingerprint density at radius 3 is 2.31 bits per heavy atom. The van der Waals surface area contributed by atoms with Crippen molar-refractivity contribution in [1.82, 2.24) is 4.31 Å². The third kappa shape index (κ3) is 3.18. The number of hydrogen-bond donors (Lipinski definition) is 1. The molecule has 0 amide bonds. The first-order valence-corrected chi connectivity index (χ1v) is 7.31. The molecule has 0 aromatic rings. The second-order valence-corrected chi connectivity index (χ2v) is 6.75. The molecule has 0 atom stereocenters. The second kappa shape index (κ2) is 4.33. The number of aliphatic carboxylic acids is 1. The second-order valence-electron chi connectivity index (χ2n) is 4.70. The summed E-state index contributed by atoms with van der Waals surface area (Å²) in [5.41, 5.74) is 0. The maximum Gasteiger partial charge on any atom is 0.304 e. The molecule has 6 heteroatoms. The zero-order chi connectivity index (χ0) is 11.8. The normalized spacial score (nSPS) is 21.3. The number of rotatable bonds is 7. The third-order valence-electron chi connectivity index (χ3n) is 3.02. The molecule has 92 valence electrons. The highest BCUT2D eigenvalue weighted by Crippen LogP contribution is 2.36. The SMILES string of the molecule is O=C(O)CCS(=O)(=O)N(CC1CC1)C1CC1. The van der Waals surface area contributed by atoms with Crippen molar-refractivity contribution >= 4 is 16.0 Å². The summed E-state index contributed by atoms with van der Waals surface area (Å²) < 4.78 is 25.4. The van der Waals surface area contributed by atoms with Gasteiger partial charge in [0.25, 0.3) is 0 Å². The van der Waals surface area contributed by atoms with E-state index in [2.05, 4.69) is 0 Å². The minimum Gasteiger partial charge on any atom is -0.481 e. The van der Waals surface area contributed by atoms with Gasteiger partial charge in [-0.15, -0.1) is 0 Å². The lowest BCUT2D eigenvalue weighted by Gasteiger charge is -2.21. The molecule has 16 heavy (non-hydrogen) atoms. The standard InChI is InChI=1S/C10H17NO4S/c12-10(13)5-6-16(14,15)11(9-3-4-9)7-8-1-2-8/h8-9H,1-7H2,(H,12,13). The van der Waals surface area contributed by atoms with E-state index in [-0.39, 0.29) is 18.2 Å². The monoisotopic (exact) mass is 247 g/mol. The molecule has 0 aliphatic heterocycles. The quantitative estimate of drug-likeness (QED) is 0.717. The topological polar surface area (TPSA) is 74.7 Å². The molecular weight excluding hydrogens is 230 g/mol. The van der Waals surface area contributed by atoms with Gasteiger partial charge in [-0.25, -0.2) is 8.42 Å². The molecule has 0 spiro atoms. The lowest BCUT2D eigenvalue weighted by Crippen LogP contribution is -2.37. The lowest BCUT2D eigenvalue weighted by atomic mass is 10.4. The molecule has 1 N–H and O–H groups in total. The Kier molecular flexibility index (Phi) is 3.21. The summed E-state index contributed by atoms with van der Waals surface area (Å²) in [7, 11) is -3.36. The molecule has 2 aliphatic rings. The van der Waals surface area contributed by atoms with Crippen molar-refractivity contribution in [1.29, 1.82) is 0 Å². The smallest absolute Gasteiger partial charge is 0.304 e. The number of carboxylic acids is 1. The van der Waals surface area contributed by atoms with E-state index in [0.717, 1.165) is 25.7 Å². The molecule has 0 aromatic heterocycles. The average molecular weight is 247 g/mol. The van der Waals surface area contributed by atoms with Crippen LogP contribution in [0.4, 0.5) is 0 Å². The highest BCUT2D eigenvalue weighted by atomic mass is 32.2. The van der Waals surface area contributed by atoms with E-state index < -0.39 is 16.0 Å². The van der Waals surface area contributed by atoms with Crippen molar-refractivity contribution in [3.05, 3.63) is 0 Å². The largest absolute Gasteiger partial charge is 0.481 e. The Morgan fingerprint density at radius 1 is 1.25 bits per heavy atom. The van der Waals surface area contributed by atoms with E-state index in [0.29, 0.717) is 12.5 Å². The molecule has 2 rings (SSSR count). The van der Waals surface area contributed by atoms with Crippen molar-refractivity contribution in [2.24, 2.45) is 5.92 Å². The van der Waals surface area contributed by atoms with Gasteiger partial charge in [0.1, 0.15) is 0 Å². The van der Waals surface area contributed by atoms with Crippen LogP contribution in [0.1, 0.15) is 32.1 Å². The molecule has 0 saturated heterocycles. The molecule has 5 nitrogen and oxygen atoms in total.